The number of aliphatic carboxylic acids is 2. The number of carboxylic acids is 2. The van der Waals surface area contributed by atoms with Crippen molar-refractivity contribution in [3.63, 3.8) is 0 Å². The van der Waals surface area contributed by atoms with Crippen molar-refractivity contribution in [3.8, 4) is 17.2 Å². The Morgan fingerprint density at radius 1 is 1.03 bits per heavy atom. The molecule has 3 N–H and O–H groups in total. The van der Waals surface area contributed by atoms with Crippen LogP contribution in [0.3, 0.4) is 0 Å². The van der Waals surface area contributed by atoms with Gasteiger partial charge in [-0.1, -0.05) is 25.1 Å². The Labute approximate surface area is 172 Å². The van der Waals surface area contributed by atoms with Gasteiger partial charge in [0.05, 0.1) is 5.38 Å². The Kier molecular flexibility index (Phi) is 5.88. The van der Waals surface area contributed by atoms with Gasteiger partial charge in [0, 0.05) is 0 Å². The molecule has 154 valence electrons. The summed E-state index contributed by atoms with van der Waals surface area (Å²) in [5.41, 5.74) is 1.73. The minimum atomic E-state index is -2.75. The SMILES string of the molecule is C[C@@H](CCC(Cl)c1cccc(O)c1)Cc1ccc2c(c1)OC(C(=O)O)(C(=O)O)O2. The number of halogens is 1. The fourth-order valence-electron chi connectivity index (χ4n) is 3.26. The number of alkyl halides is 1. The number of phenolic OH excluding ortho intramolecular Hbond substituents is 1. The molecule has 0 saturated carbocycles. The molecule has 0 aromatic heterocycles. The summed E-state index contributed by atoms with van der Waals surface area (Å²) >= 11 is 6.43. The third-order valence-corrected chi connectivity index (χ3v) is 5.28. The van der Waals surface area contributed by atoms with E-state index in [0.717, 1.165) is 24.0 Å². The molecular formula is C21H21ClO7. The minimum absolute atomic E-state index is 0.0795. The van der Waals surface area contributed by atoms with E-state index < -0.39 is 17.7 Å². The molecule has 1 aliphatic heterocycles. The monoisotopic (exact) mass is 420 g/mol. The zero-order valence-electron chi connectivity index (χ0n) is 15.7. The highest BCUT2D eigenvalue weighted by Crippen LogP contribution is 2.41. The molecule has 0 amide bonds. The van der Waals surface area contributed by atoms with E-state index in [-0.39, 0.29) is 28.5 Å². The average molecular weight is 421 g/mol. The van der Waals surface area contributed by atoms with Gasteiger partial charge in [-0.15, -0.1) is 11.6 Å². The predicted molar refractivity (Wildman–Crippen MR) is 105 cm³/mol. The highest BCUT2D eigenvalue weighted by atomic mass is 35.5. The number of ether oxygens (including phenoxy) is 2. The highest BCUT2D eigenvalue weighted by molar-refractivity contribution is 6.20. The van der Waals surface area contributed by atoms with Crippen LogP contribution in [0.4, 0.5) is 0 Å². The molecule has 3 rings (SSSR count). The van der Waals surface area contributed by atoms with Crippen LogP contribution in [0.1, 0.15) is 36.3 Å². The number of fused-ring (bicyclic) bond motifs is 1. The molecular weight excluding hydrogens is 400 g/mol. The van der Waals surface area contributed by atoms with E-state index in [2.05, 4.69) is 6.92 Å². The van der Waals surface area contributed by atoms with Crippen molar-refractivity contribution in [2.75, 3.05) is 0 Å². The van der Waals surface area contributed by atoms with Crippen molar-refractivity contribution in [3.05, 3.63) is 53.6 Å². The van der Waals surface area contributed by atoms with Gasteiger partial charge in [0.2, 0.25) is 0 Å². The van der Waals surface area contributed by atoms with E-state index in [1.165, 1.54) is 6.07 Å². The first-order valence-electron chi connectivity index (χ1n) is 9.12. The molecule has 0 fully saturated rings. The highest BCUT2D eigenvalue weighted by Gasteiger charge is 2.57. The summed E-state index contributed by atoms with van der Waals surface area (Å²) in [4.78, 5) is 22.6. The lowest BCUT2D eigenvalue weighted by Crippen LogP contribution is -2.54. The molecule has 0 spiro atoms. The van der Waals surface area contributed by atoms with Crippen molar-refractivity contribution < 1.29 is 34.4 Å². The molecule has 0 saturated heterocycles. The normalized spacial score (nSPS) is 16.2. The first kappa shape index (κ1) is 20.8. The number of rotatable bonds is 8. The number of hydrogen-bond donors (Lipinski definition) is 3. The second-order valence-corrected chi connectivity index (χ2v) is 7.69. The van der Waals surface area contributed by atoms with Gasteiger partial charge in [0.1, 0.15) is 5.75 Å². The molecule has 2 aromatic rings. The summed E-state index contributed by atoms with van der Waals surface area (Å²) in [6.07, 6.45) is 2.22. The van der Waals surface area contributed by atoms with Crippen LogP contribution in [0.15, 0.2) is 42.5 Å². The summed E-state index contributed by atoms with van der Waals surface area (Å²) in [6.45, 7) is 2.06. The Hall–Kier alpha value is -2.93. The van der Waals surface area contributed by atoms with Crippen molar-refractivity contribution in [1.82, 2.24) is 0 Å². The van der Waals surface area contributed by atoms with Crippen LogP contribution in [0.5, 0.6) is 17.2 Å². The maximum absolute atomic E-state index is 11.3. The Bertz CT molecular complexity index is 913. The fraction of sp³-hybridized carbons (Fsp3) is 0.333. The van der Waals surface area contributed by atoms with Crippen molar-refractivity contribution >= 4 is 23.5 Å². The lowest BCUT2D eigenvalue weighted by Gasteiger charge is -2.17. The van der Waals surface area contributed by atoms with Gasteiger partial charge < -0.3 is 24.8 Å². The molecule has 1 unspecified atom stereocenters. The fourth-order valence-corrected chi connectivity index (χ4v) is 3.52. The number of hydrogen-bond acceptors (Lipinski definition) is 5. The van der Waals surface area contributed by atoms with Crippen LogP contribution in [-0.2, 0) is 16.0 Å². The van der Waals surface area contributed by atoms with Gasteiger partial charge in [-0.2, -0.15) is 0 Å². The molecule has 0 radical (unpaired) electrons. The van der Waals surface area contributed by atoms with E-state index in [4.69, 9.17) is 21.1 Å². The van der Waals surface area contributed by atoms with Crippen LogP contribution >= 0.6 is 11.6 Å². The molecule has 1 heterocycles. The van der Waals surface area contributed by atoms with Gasteiger partial charge in [-0.25, -0.2) is 9.59 Å². The van der Waals surface area contributed by atoms with Crippen molar-refractivity contribution in [2.45, 2.75) is 37.4 Å². The topological polar surface area (TPSA) is 113 Å². The van der Waals surface area contributed by atoms with Crippen LogP contribution < -0.4 is 9.47 Å². The standard InChI is InChI=1S/C21H21ClO7/c1-12(5-7-16(22)14-3-2-4-15(23)11-14)9-13-6-8-17-18(10-13)29-21(28-17,19(24)25)20(26)27/h2-4,6,8,10-12,16,23H,5,7,9H2,1H3,(H,24,25)(H,26,27)/t12-,16?/m0/s1. The second-order valence-electron chi connectivity index (χ2n) is 7.16. The van der Waals surface area contributed by atoms with Gasteiger partial charge >= 0.3 is 17.7 Å². The lowest BCUT2D eigenvalue weighted by atomic mass is 9.94. The summed E-state index contributed by atoms with van der Waals surface area (Å²) in [5, 5.41) is 27.7. The maximum Gasteiger partial charge on any atom is 0.453 e. The van der Waals surface area contributed by atoms with Crippen LogP contribution in [0.25, 0.3) is 0 Å². The zero-order chi connectivity index (χ0) is 21.2. The van der Waals surface area contributed by atoms with Crippen molar-refractivity contribution in [2.24, 2.45) is 5.92 Å². The molecule has 7 nitrogen and oxygen atoms in total. The predicted octanol–water partition coefficient (Wildman–Crippen LogP) is 3.97. The Balaban J connectivity index is 1.61. The third kappa shape index (κ3) is 4.40. The molecule has 0 bridgehead atoms. The quantitative estimate of drug-likeness (QED) is 0.437. The largest absolute Gasteiger partial charge is 0.508 e. The lowest BCUT2D eigenvalue weighted by molar-refractivity contribution is -0.194. The Morgan fingerprint density at radius 3 is 2.38 bits per heavy atom. The molecule has 2 aromatic carbocycles. The maximum atomic E-state index is 11.3. The van der Waals surface area contributed by atoms with E-state index >= 15 is 0 Å². The number of benzene rings is 2. The summed E-state index contributed by atoms with van der Waals surface area (Å²) in [5.74, 6) is -5.59. The summed E-state index contributed by atoms with van der Waals surface area (Å²) in [6, 6.07) is 11.7. The van der Waals surface area contributed by atoms with E-state index in [9.17, 15) is 24.9 Å². The van der Waals surface area contributed by atoms with Crippen molar-refractivity contribution in [1.29, 1.82) is 0 Å². The van der Waals surface area contributed by atoms with Crippen LogP contribution in [-0.4, -0.2) is 33.0 Å². The number of aromatic hydroxyl groups is 1. The average Bonchev–Trinajstić information content (AvgIpc) is 3.06. The molecule has 2 atom stereocenters. The number of phenols is 1. The number of carbonyl (C=O) groups is 2. The van der Waals surface area contributed by atoms with Gasteiger partial charge in [0.25, 0.3) is 0 Å². The first-order chi connectivity index (χ1) is 13.7. The van der Waals surface area contributed by atoms with E-state index in [0.29, 0.717) is 6.42 Å². The molecule has 29 heavy (non-hydrogen) atoms. The van der Waals surface area contributed by atoms with Gasteiger partial charge in [-0.3, -0.25) is 0 Å². The Morgan fingerprint density at radius 2 is 1.72 bits per heavy atom. The number of carboxylic acid groups (broad SMARTS) is 2. The minimum Gasteiger partial charge on any atom is -0.508 e. The smallest absolute Gasteiger partial charge is 0.453 e. The van der Waals surface area contributed by atoms with E-state index in [1.807, 2.05) is 6.07 Å². The molecule has 8 heteroatoms. The van der Waals surface area contributed by atoms with Crippen LogP contribution in [0.2, 0.25) is 0 Å². The van der Waals surface area contributed by atoms with Crippen LogP contribution in [0, 0.1) is 5.92 Å². The molecule has 0 aliphatic carbocycles. The zero-order valence-corrected chi connectivity index (χ0v) is 16.4. The van der Waals surface area contributed by atoms with E-state index in [1.54, 1.807) is 30.3 Å². The summed E-state index contributed by atoms with van der Waals surface area (Å²) in [7, 11) is 0. The first-order valence-corrected chi connectivity index (χ1v) is 9.55. The third-order valence-electron chi connectivity index (χ3n) is 4.81. The summed E-state index contributed by atoms with van der Waals surface area (Å²) < 4.78 is 10.2. The van der Waals surface area contributed by atoms with Gasteiger partial charge in [0.15, 0.2) is 11.5 Å². The molecule has 1 aliphatic rings. The van der Waals surface area contributed by atoms with Gasteiger partial charge in [-0.05, 0) is 60.6 Å². The second kappa shape index (κ2) is 8.21.